The molecule has 2 N–H and O–H groups in total. The first-order chi connectivity index (χ1) is 8.79. The molecule has 2 rings (SSSR count). The molecule has 0 aliphatic carbocycles. The Balaban J connectivity index is 2.29. The van der Waals surface area contributed by atoms with E-state index >= 15 is 0 Å². The van der Waals surface area contributed by atoms with Crippen molar-refractivity contribution in [3.8, 4) is 0 Å². The summed E-state index contributed by atoms with van der Waals surface area (Å²) in [6.45, 7) is 2.11. The number of nitrogens with two attached hydrogens (primary N) is 1. The van der Waals surface area contributed by atoms with Gasteiger partial charge in [0.1, 0.15) is 5.76 Å². The summed E-state index contributed by atoms with van der Waals surface area (Å²) in [7, 11) is 0. The van der Waals surface area contributed by atoms with E-state index in [0.29, 0.717) is 0 Å². The van der Waals surface area contributed by atoms with E-state index in [2.05, 4.69) is 25.1 Å². The van der Waals surface area contributed by atoms with Gasteiger partial charge in [-0.3, -0.25) is 0 Å². The van der Waals surface area contributed by atoms with Gasteiger partial charge in [0.05, 0.1) is 6.26 Å². The van der Waals surface area contributed by atoms with Gasteiger partial charge in [-0.05, 0) is 42.2 Å². The van der Waals surface area contributed by atoms with Crippen LogP contribution in [0.3, 0.4) is 0 Å². The zero-order valence-corrected chi connectivity index (χ0v) is 10.7. The zero-order valence-electron chi connectivity index (χ0n) is 10.7. The highest BCUT2D eigenvalue weighted by atomic mass is 16.3. The molecule has 1 atom stereocenters. The Morgan fingerprint density at radius 2 is 2.00 bits per heavy atom. The van der Waals surface area contributed by atoms with Crippen LogP contribution >= 0.6 is 0 Å². The van der Waals surface area contributed by atoms with Crippen molar-refractivity contribution in [2.45, 2.75) is 25.8 Å². The van der Waals surface area contributed by atoms with E-state index in [1.807, 2.05) is 30.3 Å². The average molecular weight is 241 g/mol. The van der Waals surface area contributed by atoms with Crippen molar-refractivity contribution in [2.75, 3.05) is 0 Å². The molecule has 0 aliphatic rings. The van der Waals surface area contributed by atoms with Crippen LogP contribution in [-0.4, -0.2) is 6.04 Å². The van der Waals surface area contributed by atoms with Gasteiger partial charge in [0.25, 0.3) is 0 Å². The van der Waals surface area contributed by atoms with Gasteiger partial charge in [-0.15, -0.1) is 0 Å². The summed E-state index contributed by atoms with van der Waals surface area (Å²) in [6.07, 6.45) is 5.60. The number of hydrogen-bond donors (Lipinski definition) is 1. The maximum Gasteiger partial charge on any atom is 0.126 e. The van der Waals surface area contributed by atoms with Crippen LogP contribution in [0.1, 0.15) is 31.1 Å². The SMILES string of the molecule is CCC(N)C/C(=C\c1ccco1)c1ccccc1. The Bertz CT molecular complexity index is 485. The Kier molecular flexibility index (Phi) is 4.37. The van der Waals surface area contributed by atoms with Gasteiger partial charge in [-0.25, -0.2) is 0 Å². The van der Waals surface area contributed by atoms with Gasteiger partial charge in [0.2, 0.25) is 0 Å². The molecule has 18 heavy (non-hydrogen) atoms. The molecule has 2 heteroatoms. The van der Waals surface area contributed by atoms with E-state index in [-0.39, 0.29) is 6.04 Å². The third kappa shape index (κ3) is 3.34. The average Bonchev–Trinajstić information content (AvgIpc) is 2.92. The second kappa shape index (κ2) is 6.22. The van der Waals surface area contributed by atoms with Gasteiger partial charge >= 0.3 is 0 Å². The van der Waals surface area contributed by atoms with Gasteiger partial charge in [0, 0.05) is 6.04 Å². The van der Waals surface area contributed by atoms with E-state index in [1.54, 1.807) is 6.26 Å². The predicted octanol–water partition coefficient (Wildman–Crippen LogP) is 3.95. The van der Waals surface area contributed by atoms with Crippen LogP contribution in [0, 0.1) is 0 Å². The smallest absolute Gasteiger partial charge is 0.126 e. The molecular weight excluding hydrogens is 222 g/mol. The Morgan fingerprint density at radius 3 is 2.61 bits per heavy atom. The van der Waals surface area contributed by atoms with E-state index in [4.69, 9.17) is 10.2 Å². The molecule has 0 spiro atoms. The maximum atomic E-state index is 6.07. The minimum atomic E-state index is 0.186. The molecule has 0 saturated heterocycles. The second-order valence-corrected chi connectivity index (χ2v) is 4.42. The number of hydrogen-bond acceptors (Lipinski definition) is 2. The van der Waals surface area contributed by atoms with Crippen LogP contribution in [0.25, 0.3) is 11.6 Å². The minimum absolute atomic E-state index is 0.186. The first-order valence-electron chi connectivity index (χ1n) is 6.34. The summed E-state index contributed by atoms with van der Waals surface area (Å²) >= 11 is 0. The summed E-state index contributed by atoms with van der Waals surface area (Å²) in [6, 6.07) is 14.4. The molecule has 0 bridgehead atoms. The summed E-state index contributed by atoms with van der Waals surface area (Å²) in [4.78, 5) is 0. The lowest BCUT2D eigenvalue weighted by atomic mass is 9.97. The minimum Gasteiger partial charge on any atom is -0.465 e. The lowest BCUT2D eigenvalue weighted by molar-refractivity contribution is 0.557. The fourth-order valence-corrected chi connectivity index (χ4v) is 1.88. The first-order valence-corrected chi connectivity index (χ1v) is 6.34. The van der Waals surface area contributed by atoms with Gasteiger partial charge in [0.15, 0.2) is 0 Å². The fraction of sp³-hybridized carbons (Fsp3) is 0.250. The number of rotatable bonds is 5. The molecule has 0 aliphatic heterocycles. The van der Waals surface area contributed by atoms with E-state index < -0.39 is 0 Å². The van der Waals surface area contributed by atoms with Crippen molar-refractivity contribution >= 4 is 11.6 Å². The maximum absolute atomic E-state index is 6.07. The van der Waals surface area contributed by atoms with E-state index in [0.717, 1.165) is 18.6 Å². The Labute approximate surface area is 108 Å². The van der Waals surface area contributed by atoms with Crippen LogP contribution in [0.15, 0.2) is 53.1 Å². The monoisotopic (exact) mass is 241 g/mol. The quantitative estimate of drug-likeness (QED) is 0.861. The third-order valence-corrected chi connectivity index (χ3v) is 3.01. The van der Waals surface area contributed by atoms with Crippen LogP contribution in [0.5, 0.6) is 0 Å². The van der Waals surface area contributed by atoms with Crippen LogP contribution in [0.4, 0.5) is 0 Å². The van der Waals surface area contributed by atoms with Gasteiger partial charge < -0.3 is 10.2 Å². The Morgan fingerprint density at radius 1 is 1.22 bits per heavy atom. The normalized spacial score (nSPS) is 13.6. The highest BCUT2D eigenvalue weighted by Crippen LogP contribution is 2.23. The van der Waals surface area contributed by atoms with Gasteiger partial charge in [-0.2, -0.15) is 0 Å². The van der Waals surface area contributed by atoms with Crippen LogP contribution < -0.4 is 5.73 Å². The van der Waals surface area contributed by atoms with E-state index in [1.165, 1.54) is 11.1 Å². The van der Waals surface area contributed by atoms with E-state index in [9.17, 15) is 0 Å². The highest BCUT2D eigenvalue weighted by molar-refractivity contribution is 5.80. The van der Waals surface area contributed by atoms with Crippen molar-refractivity contribution in [1.82, 2.24) is 0 Å². The molecule has 2 nitrogen and oxygen atoms in total. The number of benzene rings is 1. The molecule has 0 saturated carbocycles. The molecular formula is C16H19NO. The molecule has 0 amide bonds. The second-order valence-electron chi connectivity index (χ2n) is 4.42. The molecule has 1 unspecified atom stereocenters. The van der Waals surface area contributed by atoms with Crippen molar-refractivity contribution in [3.05, 3.63) is 60.1 Å². The molecule has 0 fully saturated rings. The summed E-state index contributed by atoms with van der Waals surface area (Å²) < 4.78 is 5.38. The third-order valence-electron chi connectivity index (χ3n) is 3.01. The van der Waals surface area contributed by atoms with Gasteiger partial charge in [-0.1, -0.05) is 37.3 Å². The number of furan rings is 1. The fourth-order valence-electron chi connectivity index (χ4n) is 1.88. The van der Waals surface area contributed by atoms with Crippen molar-refractivity contribution < 1.29 is 4.42 Å². The van der Waals surface area contributed by atoms with Crippen molar-refractivity contribution in [2.24, 2.45) is 5.73 Å². The molecule has 1 heterocycles. The lowest BCUT2D eigenvalue weighted by Gasteiger charge is -2.12. The topological polar surface area (TPSA) is 39.2 Å². The summed E-state index contributed by atoms with van der Waals surface area (Å²) in [5, 5.41) is 0. The molecule has 2 aromatic rings. The lowest BCUT2D eigenvalue weighted by Crippen LogP contribution is -2.18. The predicted molar refractivity (Wildman–Crippen MR) is 75.9 cm³/mol. The van der Waals surface area contributed by atoms with Crippen molar-refractivity contribution in [1.29, 1.82) is 0 Å². The largest absolute Gasteiger partial charge is 0.465 e. The zero-order chi connectivity index (χ0) is 12.8. The molecule has 94 valence electrons. The molecule has 0 radical (unpaired) electrons. The van der Waals surface area contributed by atoms with Crippen LogP contribution in [-0.2, 0) is 0 Å². The van der Waals surface area contributed by atoms with Crippen molar-refractivity contribution in [3.63, 3.8) is 0 Å². The Hall–Kier alpha value is -1.80. The molecule has 1 aromatic carbocycles. The highest BCUT2D eigenvalue weighted by Gasteiger charge is 2.07. The standard InChI is InChI=1S/C16H19NO/c1-2-15(17)11-14(12-16-9-6-10-18-16)13-7-4-3-5-8-13/h3-10,12,15H,2,11,17H2,1H3/b14-12+. The summed E-state index contributed by atoms with van der Waals surface area (Å²) in [5.74, 6) is 0.872. The first kappa shape index (κ1) is 12.7. The van der Waals surface area contributed by atoms with Crippen LogP contribution in [0.2, 0.25) is 0 Å². The molecule has 1 aromatic heterocycles. The summed E-state index contributed by atoms with van der Waals surface area (Å²) in [5.41, 5.74) is 8.50.